The van der Waals surface area contributed by atoms with Crippen molar-refractivity contribution in [2.75, 3.05) is 12.0 Å². The van der Waals surface area contributed by atoms with Crippen LogP contribution in [0.5, 0.6) is 5.75 Å². The molecule has 4 aromatic rings. The monoisotopic (exact) mass is 515 g/mol. The second-order valence-corrected chi connectivity index (χ2v) is 9.44. The Morgan fingerprint density at radius 3 is 2.53 bits per heavy atom. The number of hydrogen-bond donors (Lipinski definition) is 1. The van der Waals surface area contributed by atoms with Crippen LogP contribution < -0.4 is 15.0 Å². The molecule has 1 aromatic heterocycles. The zero-order valence-corrected chi connectivity index (χ0v) is 21.2. The Hall–Kier alpha value is -4.27. The molecule has 1 N–H and O–H groups in total. The summed E-state index contributed by atoms with van der Waals surface area (Å²) in [4.78, 5) is 29.4. The third-order valence-corrected chi connectivity index (χ3v) is 6.98. The molecular weight excluding hydrogens is 485 g/mol. The van der Waals surface area contributed by atoms with E-state index in [0.717, 1.165) is 32.1 Å². The maximum absolute atomic E-state index is 15.3. The Morgan fingerprint density at radius 2 is 1.74 bits per heavy atom. The first-order chi connectivity index (χ1) is 18.6. The van der Waals surface area contributed by atoms with Crippen molar-refractivity contribution in [1.29, 1.82) is 0 Å². The van der Waals surface area contributed by atoms with Crippen molar-refractivity contribution >= 4 is 28.5 Å². The second kappa shape index (κ2) is 11.4. The maximum atomic E-state index is 15.3. The highest BCUT2D eigenvalue weighted by Gasteiger charge is 2.37. The molecule has 1 saturated carbocycles. The minimum Gasteiger partial charge on any atom is -0.495 e. The van der Waals surface area contributed by atoms with Gasteiger partial charge >= 0.3 is 0 Å². The molecule has 1 aliphatic rings. The summed E-state index contributed by atoms with van der Waals surface area (Å²) < 4.78 is 22.4. The Labute approximate surface area is 220 Å². The molecule has 9 heteroatoms. The number of halogens is 1. The van der Waals surface area contributed by atoms with E-state index in [0.29, 0.717) is 22.5 Å². The van der Waals surface area contributed by atoms with Crippen molar-refractivity contribution in [2.45, 2.75) is 50.7 Å². The zero-order valence-electron chi connectivity index (χ0n) is 21.2. The molecule has 0 saturated heterocycles. The smallest absolute Gasteiger partial charge is 0.249 e. The fourth-order valence-corrected chi connectivity index (χ4v) is 5.11. The van der Waals surface area contributed by atoms with Crippen molar-refractivity contribution in [2.24, 2.45) is 0 Å². The third kappa shape index (κ3) is 5.22. The van der Waals surface area contributed by atoms with Gasteiger partial charge < -0.3 is 10.1 Å². The van der Waals surface area contributed by atoms with E-state index < -0.39 is 23.7 Å². The van der Waals surface area contributed by atoms with Gasteiger partial charge in [0.05, 0.1) is 18.3 Å². The first-order valence-electron chi connectivity index (χ1n) is 12.8. The SMILES string of the molecule is COc1ccccc1N(C(=O)Cn1nnc2ccccc21)[C@@H](C(=O)NC1CCCCC1)c1ccccc1F. The molecule has 2 amide bonds. The Balaban J connectivity index is 1.60. The number of benzene rings is 3. The minimum absolute atomic E-state index is 0.0283. The van der Waals surface area contributed by atoms with Gasteiger partial charge in [0.15, 0.2) is 0 Å². The molecule has 0 radical (unpaired) electrons. The first-order valence-corrected chi connectivity index (χ1v) is 12.8. The maximum Gasteiger partial charge on any atom is 0.249 e. The molecule has 1 atom stereocenters. The summed E-state index contributed by atoms with van der Waals surface area (Å²) in [5.41, 5.74) is 1.78. The van der Waals surface area contributed by atoms with Crippen molar-refractivity contribution in [1.82, 2.24) is 20.3 Å². The Kier molecular flexibility index (Phi) is 7.62. The van der Waals surface area contributed by atoms with Gasteiger partial charge in [0.2, 0.25) is 11.8 Å². The van der Waals surface area contributed by atoms with Crippen LogP contribution in [-0.2, 0) is 16.1 Å². The van der Waals surface area contributed by atoms with E-state index in [-0.39, 0.29) is 18.2 Å². The topological polar surface area (TPSA) is 89.3 Å². The quantitative estimate of drug-likeness (QED) is 0.364. The molecule has 1 aliphatic carbocycles. The summed E-state index contributed by atoms with van der Waals surface area (Å²) in [7, 11) is 1.49. The third-order valence-electron chi connectivity index (χ3n) is 6.98. The number of ether oxygens (including phenoxy) is 1. The summed E-state index contributed by atoms with van der Waals surface area (Å²) in [6.45, 7) is -0.208. The van der Waals surface area contributed by atoms with Crippen LogP contribution in [0.3, 0.4) is 0 Å². The lowest BCUT2D eigenvalue weighted by Gasteiger charge is -2.34. The van der Waals surface area contributed by atoms with Crippen LogP contribution in [0.15, 0.2) is 72.8 Å². The lowest BCUT2D eigenvalue weighted by atomic mass is 9.94. The number of amides is 2. The molecule has 0 spiro atoms. The molecule has 3 aromatic carbocycles. The number of carbonyl (C=O) groups is 2. The van der Waals surface area contributed by atoms with Crippen LogP contribution in [0, 0.1) is 5.82 Å². The molecule has 38 heavy (non-hydrogen) atoms. The average molecular weight is 516 g/mol. The number of nitrogens with one attached hydrogen (secondary N) is 1. The highest BCUT2D eigenvalue weighted by Crippen LogP contribution is 2.36. The van der Waals surface area contributed by atoms with Crippen molar-refractivity contribution in [3.63, 3.8) is 0 Å². The van der Waals surface area contributed by atoms with Crippen LogP contribution >= 0.6 is 0 Å². The highest BCUT2D eigenvalue weighted by molar-refractivity contribution is 6.02. The van der Waals surface area contributed by atoms with E-state index in [1.165, 1.54) is 22.8 Å². The van der Waals surface area contributed by atoms with Gasteiger partial charge in [-0.15, -0.1) is 5.10 Å². The molecule has 5 rings (SSSR count). The molecular formula is C29H30FN5O3. The predicted molar refractivity (Wildman–Crippen MR) is 142 cm³/mol. The number of para-hydroxylation sites is 3. The molecule has 196 valence electrons. The summed E-state index contributed by atoms with van der Waals surface area (Å²) in [5.74, 6) is -1.09. The van der Waals surface area contributed by atoms with Crippen LogP contribution in [-0.4, -0.2) is 40.0 Å². The fraction of sp³-hybridized carbons (Fsp3) is 0.310. The minimum atomic E-state index is -1.27. The van der Waals surface area contributed by atoms with Gasteiger partial charge in [0.1, 0.15) is 29.7 Å². The lowest BCUT2D eigenvalue weighted by molar-refractivity contribution is -0.127. The van der Waals surface area contributed by atoms with E-state index in [2.05, 4.69) is 15.6 Å². The Morgan fingerprint density at radius 1 is 1.03 bits per heavy atom. The lowest BCUT2D eigenvalue weighted by Crippen LogP contribution is -2.48. The summed E-state index contributed by atoms with van der Waals surface area (Å²) >= 11 is 0. The van der Waals surface area contributed by atoms with Crippen LogP contribution in [0.2, 0.25) is 0 Å². The number of aromatic nitrogens is 3. The number of carbonyl (C=O) groups excluding carboxylic acids is 2. The van der Waals surface area contributed by atoms with Crippen molar-refractivity contribution in [3.05, 3.63) is 84.2 Å². The first kappa shape index (κ1) is 25.4. The van der Waals surface area contributed by atoms with Gasteiger partial charge in [-0.25, -0.2) is 9.07 Å². The molecule has 0 aliphatic heterocycles. The number of fused-ring (bicyclic) bond motifs is 1. The molecule has 0 bridgehead atoms. The summed E-state index contributed by atoms with van der Waals surface area (Å²) in [5, 5.41) is 11.4. The van der Waals surface area contributed by atoms with E-state index >= 15 is 4.39 Å². The molecule has 1 fully saturated rings. The van der Waals surface area contributed by atoms with Gasteiger partial charge in [0.25, 0.3) is 0 Å². The van der Waals surface area contributed by atoms with Gasteiger partial charge in [-0.2, -0.15) is 0 Å². The van der Waals surface area contributed by atoms with E-state index in [1.54, 1.807) is 48.5 Å². The average Bonchev–Trinajstić information content (AvgIpc) is 3.35. The normalized spacial score (nSPS) is 14.7. The number of rotatable bonds is 8. The van der Waals surface area contributed by atoms with Gasteiger partial charge in [-0.1, -0.05) is 66.9 Å². The number of methoxy groups -OCH3 is 1. The highest BCUT2D eigenvalue weighted by atomic mass is 19.1. The zero-order chi connectivity index (χ0) is 26.5. The Bertz CT molecular complexity index is 1430. The van der Waals surface area contributed by atoms with Gasteiger partial charge in [0, 0.05) is 11.6 Å². The number of anilines is 1. The largest absolute Gasteiger partial charge is 0.495 e. The summed E-state index contributed by atoms with van der Waals surface area (Å²) in [6.07, 6.45) is 4.86. The summed E-state index contributed by atoms with van der Waals surface area (Å²) in [6, 6.07) is 19.0. The predicted octanol–water partition coefficient (Wildman–Crippen LogP) is 4.80. The van der Waals surface area contributed by atoms with E-state index in [1.807, 2.05) is 18.2 Å². The van der Waals surface area contributed by atoms with Crippen molar-refractivity contribution < 1.29 is 18.7 Å². The number of nitrogens with zero attached hydrogens (tertiary/aromatic N) is 4. The van der Waals surface area contributed by atoms with E-state index in [9.17, 15) is 9.59 Å². The van der Waals surface area contributed by atoms with E-state index in [4.69, 9.17) is 4.74 Å². The van der Waals surface area contributed by atoms with Gasteiger partial charge in [-0.05, 0) is 43.2 Å². The van der Waals surface area contributed by atoms with Gasteiger partial charge in [-0.3, -0.25) is 14.5 Å². The molecule has 0 unspecified atom stereocenters. The second-order valence-electron chi connectivity index (χ2n) is 9.44. The standard InChI is InChI=1S/C29H30FN5O3/c1-38-26-18-10-9-17-25(26)35(27(36)19-34-24-16-8-7-15-23(24)32-33-34)28(21-13-5-6-14-22(21)30)29(37)31-20-11-3-2-4-12-20/h5-10,13-18,20,28H,2-4,11-12,19H2,1H3,(H,31,37)/t28-/m1/s1. The molecule has 8 nitrogen and oxygen atoms in total. The fourth-order valence-electron chi connectivity index (χ4n) is 5.11. The van der Waals surface area contributed by atoms with Crippen molar-refractivity contribution in [3.8, 4) is 5.75 Å². The molecule has 1 heterocycles. The van der Waals surface area contributed by atoms with Crippen LogP contribution in [0.4, 0.5) is 10.1 Å². The van der Waals surface area contributed by atoms with Crippen LogP contribution in [0.1, 0.15) is 43.7 Å². The van der Waals surface area contributed by atoms with Crippen LogP contribution in [0.25, 0.3) is 11.0 Å². The number of hydrogen-bond acceptors (Lipinski definition) is 5.